The third-order valence-electron chi connectivity index (χ3n) is 2.82. The van der Waals surface area contributed by atoms with Gasteiger partial charge >= 0.3 is 5.97 Å². The molecule has 0 aliphatic rings. The van der Waals surface area contributed by atoms with Crippen LogP contribution < -0.4 is 5.73 Å². The number of nitrogen functional groups attached to an aromatic ring is 1. The topological polar surface area (TPSA) is 52.3 Å². The minimum absolute atomic E-state index is 0.227. The molecule has 0 atom stereocenters. The van der Waals surface area contributed by atoms with Crippen LogP contribution in [0.2, 0.25) is 4.34 Å². The largest absolute Gasteiger partial charge is 0.462 e. The van der Waals surface area contributed by atoms with Crippen molar-refractivity contribution in [2.45, 2.75) is 26.7 Å². The number of esters is 1. The summed E-state index contributed by atoms with van der Waals surface area (Å²) in [6, 6.07) is 3.81. The quantitative estimate of drug-likeness (QED) is 0.802. The van der Waals surface area contributed by atoms with Crippen LogP contribution >= 0.6 is 34.3 Å². The first kappa shape index (κ1) is 15.4. The number of hydrogen-bond acceptors (Lipinski definition) is 5. The van der Waals surface area contributed by atoms with Gasteiger partial charge in [-0.25, -0.2) is 4.79 Å². The van der Waals surface area contributed by atoms with Gasteiger partial charge in [0.2, 0.25) is 0 Å². The normalized spacial score (nSPS) is 11.1. The summed E-state index contributed by atoms with van der Waals surface area (Å²) in [5, 5.41) is 0. The van der Waals surface area contributed by atoms with E-state index in [2.05, 4.69) is 13.8 Å². The van der Waals surface area contributed by atoms with Gasteiger partial charge in [0.05, 0.1) is 21.5 Å². The molecule has 2 heterocycles. The molecule has 0 saturated carbocycles. The fourth-order valence-electron chi connectivity index (χ4n) is 2.00. The summed E-state index contributed by atoms with van der Waals surface area (Å²) in [4.78, 5) is 14.5. The number of carbonyl (C=O) groups is 1. The van der Waals surface area contributed by atoms with E-state index in [9.17, 15) is 4.79 Å². The Hall–Kier alpha value is -1.04. The van der Waals surface area contributed by atoms with Crippen molar-refractivity contribution in [2.75, 3.05) is 12.3 Å². The third-order valence-corrected chi connectivity index (χ3v) is 5.43. The molecule has 0 aromatic carbocycles. The van der Waals surface area contributed by atoms with Crippen LogP contribution in [0.4, 0.5) is 5.69 Å². The van der Waals surface area contributed by atoms with Crippen molar-refractivity contribution in [3.05, 3.63) is 26.9 Å². The molecule has 0 fully saturated rings. The number of ether oxygens (including phenoxy) is 1. The van der Waals surface area contributed by atoms with E-state index in [-0.39, 0.29) is 11.9 Å². The molecular formula is C14H16ClNO2S2. The highest BCUT2D eigenvalue weighted by molar-refractivity contribution is 7.25. The number of anilines is 1. The highest BCUT2D eigenvalue weighted by Crippen LogP contribution is 2.45. The zero-order valence-corrected chi connectivity index (χ0v) is 13.9. The Bertz CT molecular complexity index is 631. The molecule has 0 unspecified atom stereocenters. The van der Waals surface area contributed by atoms with Gasteiger partial charge in [-0.3, -0.25) is 0 Å². The molecule has 2 aromatic rings. The summed E-state index contributed by atoms with van der Waals surface area (Å²) in [5.74, 6) is -0.129. The average molecular weight is 330 g/mol. The second kappa shape index (κ2) is 6.16. The van der Waals surface area contributed by atoms with Gasteiger partial charge < -0.3 is 10.5 Å². The highest BCUT2D eigenvalue weighted by Gasteiger charge is 2.25. The van der Waals surface area contributed by atoms with Gasteiger partial charge in [-0.2, -0.15) is 0 Å². The van der Waals surface area contributed by atoms with Crippen molar-refractivity contribution < 1.29 is 9.53 Å². The Morgan fingerprint density at radius 1 is 1.40 bits per heavy atom. The van der Waals surface area contributed by atoms with Gasteiger partial charge in [-0.05, 0) is 30.5 Å². The van der Waals surface area contributed by atoms with Crippen LogP contribution in [0.15, 0.2) is 12.1 Å². The lowest BCUT2D eigenvalue weighted by Crippen LogP contribution is -2.06. The van der Waals surface area contributed by atoms with E-state index in [4.69, 9.17) is 22.1 Å². The fraction of sp³-hybridized carbons (Fsp3) is 0.357. The number of carbonyl (C=O) groups excluding carboxylic acids is 1. The van der Waals surface area contributed by atoms with E-state index in [1.54, 1.807) is 6.92 Å². The standard InChI is InChI=1S/C14H16ClNO2S2/c1-4-18-14(17)13-11(16)10(7(2)3)12(20-13)8-5-6-9(15)19-8/h5-7H,4,16H2,1-3H3. The average Bonchev–Trinajstić information content (AvgIpc) is 2.93. The van der Waals surface area contributed by atoms with Crippen LogP contribution in [0.25, 0.3) is 9.75 Å². The second-order valence-corrected chi connectivity index (χ2v) is 7.30. The molecule has 0 spiro atoms. The molecule has 0 radical (unpaired) electrons. The molecule has 2 rings (SSSR count). The molecule has 3 nitrogen and oxygen atoms in total. The molecule has 6 heteroatoms. The Kier molecular flexibility index (Phi) is 4.73. The van der Waals surface area contributed by atoms with Crippen molar-refractivity contribution in [3.63, 3.8) is 0 Å². The first-order valence-corrected chi connectivity index (χ1v) is 8.31. The van der Waals surface area contributed by atoms with Crippen LogP contribution in [0.1, 0.15) is 41.9 Å². The lowest BCUT2D eigenvalue weighted by atomic mass is 10.0. The van der Waals surface area contributed by atoms with E-state index in [1.807, 2.05) is 12.1 Å². The number of halogens is 1. The Balaban J connectivity index is 2.56. The van der Waals surface area contributed by atoms with E-state index in [0.717, 1.165) is 19.7 Å². The van der Waals surface area contributed by atoms with Crippen molar-refractivity contribution in [2.24, 2.45) is 0 Å². The predicted octanol–water partition coefficient (Wildman–Crippen LogP) is 5.01. The Morgan fingerprint density at radius 2 is 2.10 bits per heavy atom. The van der Waals surface area contributed by atoms with Gasteiger partial charge in [0, 0.05) is 4.88 Å². The van der Waals surface area contributed by atoms with Crippen LogP contribution in [0, 0.1) is 0 Å². The molecule has 2 aromatic heterocycles. The number of rotatable bonds is 4. The summed E-state index contributed by atoms with van der Waals surface area (Å²) in [6.45, 7) is 6.25. The van der Waals surface area contributed by atoms with Gasteiger partial charge in [0.25, 0.3) is 0 Å². The molecule has 0 saturated heterocycles. The molecule has 0 aliphatic carbocycles. The Labute approximate surface area is 131 Å². The first-order valence-electron chi connectivity index (χ1n) is 6.30. The molecule has 0 amide bonds. The summed E-state index contributed by atoms with van der Waals surface area (Å²) in [6.07, 6.45) is 0. The summed E-state index contributed by atoms with van der Waals surface area (Å²) in [5.41, 5.74) is 7.69. The van der Waals surface area contributed by atoms with E-state index >= 15 is 0 Å². The number of nitrogens with two attached hydrogens (primary N) is 1. The molecule has 0 aliphatic heterocycles. The fourth-order valence-corrected chi connectivity index (χ4v) is 4.44. The maximum Gasteiger partial charge on any atom is 0.350 e. The molecule has 108 valence electrons. The van der Waals surface area contributed by atoms with Crippen LogP contribution in [0.3, 0.4) is 0 Å². The Morgan fingerprint density at radius 3 is 2.60 bits per heavy atom. The van der Waals surface area contributed by atoms with Crippen molar-refractivity contribution in [1.82, 2.24) is 0 Å². The smallest absolute Gasteiger partial charge is 0.350 e. The van der Waals surface area contributed by atoms with Crippen molar-refractivity contribution in [1.29, 1.82) is 0 Å². The van der Waals surface area contributed by atoms with E-state index < -0.39 is 0 Å². The van der Waals surface area contributed by atoms with Gasteiger partial charge in [-0.1, -0.05) is 25.4 Å². The van der Waals surface area contributed by atoms with E-state index in [1.165, 1.54) is 22.7 Å². The third kappa shape index (κ3) is 2.85. The number of hydrogen-bond donors (Lipinski definition) is 1. The summed E-state index contributed by atoms with van der Waals surface area (Å²) in [7, 11) is 0. The first-order chi connectivity index (χ1) is 9.45. The maximum absolute atomic E-state index is 12.0. The highest BCUT2D eigenvalue weighted by atomic mass is 35.5. The second-order valence-electron chi connectivity index (χ2n) is 4.57. The lowest BCUT2D eigenvalue weighted by Gasteiger charge is -2.07. The predicted molar refractivity (Wildman–Crippen MR) is 87.1 cm³/mol. The van der Waals surface area contributed by atoms with Gasteiger partial charge in [0.15, 0.2) is 0 Å². The number of thiophene rings is 2. The minimum Gasteiger partial charge on any atom is -0.462 e. The minimum atomic E-state index is -0.356. The SMILES string of the molecule is CCOC(=O)c1sc(-c2ccc(Cl)s2)c(C(C)C)c1N. The summed E-state index contributed by atoms with van der Waals surface area (Å²) >= 11 is 8.87. The van der Waals surface area contributed by atoms with Crippen LogP contribution in [0.5, 0.6) is 0 Å². The molecule has 2 N–H and O–H groups in total. The van der Waals surface area contributed by atoms with Crippen LogP contribution in [-0.4, -0.2) is 12.6 Å². The lowest BCUT2D eigenvalue weighted by molar-refractivity contribution is 0.0533. The zero-order valence-electron chi connectivity index (χ0n) is 11.5. The van der Waals surface area contributed by atoms with Gasteiger partial charge in [-0.15, -0.1) is 22.7 Å². The van der Waals surface area contributed by atoms with Gasteiger partial charge in [0.1, 0.15) is 4.88 Å². The summed E-state index contributed by atoms with van der Waals surface area (Å²) < 4.78 is 5.79. The molecular weight excluding hydrogens is 314 g/mol. The molecule has 20 heavy (non-hydrogen) atoms. The monoisotopic (exact) mass is 329 g/mol. The van der Waals surface area contributed by atoms with Crippen molar-refractivity contribution in [3.8, 4) is 9.75 Å². The van der Waals surface area contributed by atoms with E-state index in [0.29, 0.717) is 17.2 Å². The maximum atomic E-state index is 12.0. The molecule has 0 bridgehead atoms. The zero-order chi connectivity index (χ0) is 14.9. The van der Waals surface area contributed by atoms with Crippen molar-refractivity contribution >= 4 is 45.9 Å². The van der Waals surface area contributed by atoms with Crippen LogP contribution in [-0.2, 0) is 4.74 Å².